The molecule has 0 amide bonds. The molecule has 0 rings (SSSR count). The number of rotatable bonds is 42. The molecule has 36 nitrogen and oxygen atoms in total. The topological polar surface area (TPSA) is 536 Å². The lowest BCUT2D eigenvalue weighted by Gasteiger charge is -2.21. The third-order valence-corrected chi connectivity index (χ3v) is 18.2. The zero-order valence-electron chi connectivity index (χ0n) is 95.4. The van der Waals surface area contributed by atoms with Gasteiger partial charge in [-0.05, 0) is 102 Å². The maximum atomic E-state index is 11.8. The molecule has 0 spiro atoms. The van der Waals surface area contributed by atoms with Crippen molar-refractivity contribution in [3.05, 3.63) is 0 Å². The first kappa shape index (κ1) is 156. The van der Waals surface area contributed by atoms with E-state index in [1.165, 1.54) is 69.2 Å². The minimum absolute atomic E-state index is 0. The summed E-state index contributed by atoms with van der Waals surface area (Å²) in [5.41, 5.74) is -4.77. The Bertz CT molecular complexity index is 3920. The summed E-state index contributed by atoms with van der Waals surface area (Å²) in [6, 6.07) is 0. The fourth-order valence-electron chi connectivity index (χ4n) is 9.14. The van der Waals surface area contributed by atoms with Crippen LogP contribution in [-0.2, 0) is 172 Å². The van der Waals surface area contributed by atoms with Crippen LogP contribution in [0, 0.1) is 54.1 Å². The lowest BCUT2D eigenvalue weighted by molar-refractivity contribution is -0.157. The third kappa shape index (κ3) is 101. The van der Waals surface area contributed by atoms with Gasteiger partial charge in [0.15, 0.2) is 108 Å². The zero-order chi connectivity index (χ0) is 116. The molecule has 0 fully saturated rings. The van der Waals surface area contributed by atoms with E-state index in [2.05, 4.69) is 9.47 Å². The summed E-state index contributed by atoms with van der Waals surface area (Å²) in [5, 5.41) is 0. The number of carbonyl (C=O) groups is 26. The maximum absolute atomic E-state index is 11.8. The van der Waals surface area contributed by atoms with E-state index in [4.69, 9.17) is 37.9 Å². The Kier molecular flexibility index (Phi) is 82.4. The van der Waals surface area contributed by atoms with Crippen LogP contribution in [0.3, 0.4) is 0 Å². The third-order valence-electron chi connectivity index (χ3n) is 18.2. The predicted molar refractivity (Wildman–Crippen MR) is 545 cm³/mol. The second-order valence-electron chi connectivity index (χ2n) is 44.5. The molecule has 0 bridgehead atoms. The van der Waals surface area contributed by atoms with Gasteiger partial charge in [0.25, 0.3) is 0 Å². The van der Waals surface area contributed by atoms with E-state index in [9.17, 15) is 125 Å². The fourth-order valence-corrected chi connectivity index (χ4v) is 9.14. The standard InChI is InChI=1S/2C13H22O4.3C12H20O4.C11H18O4.2C9H16O3.2C8H14O3.CH4/c2*1-9(14)7-6-8-11(15)17-10(2)12(16)13(3,4)5;1-8(13)6-7-10(14)16-9(2)11(15)12(3,4)5;2*1-9(13)6-5-7-11(15)16-8-10(14)12(2,3)4;1-8(12)5-6-10(14)15-7-9(13)11(2,3)4;2*1-6(12-7(2)10)8(11)9(3,4)5;2*1-6(9)11-5-7(10)8(2,3)4;/h2*10H,6-8H2,1-5H3;9H,6-7H2,1-5H3;2*5-8H2,1-4H3;5-7H2,1-4H3;2*6H,1-5H3;2*5H2,1-4H3;1H4. The lowest BCUT2D eigenvalue weighted by atomic mass is 9.88. The van der Waals surface area contributed by atoms with Crippen LogP contribution < -0.4 is 0 Å². The molecule has 0 radical (unpaired) electrons. The van der Waals surface area contributed by atoms with Crippen molar-refractivity contribution in [3.8, 4) is 0 Å². The molecule has 0 aliphatic heterocycles. The van der Waals surface area contributed by atoms with Crippen LogP contribution >= 0.6 is 0 Å². The summed E-state index contributed by atoms with van der Waals surface area (Å²) < 4.78 is 47.9. The fraction of sp³-hybridized carbons (Fsp3) is 0.759. The SMILES string of the molecule is C.CC(=O)CCC(=O)OC(C)C(=O)C(C)(C)C.CC(=O)CCC(=O)OCC(=O)C(C)(C)C.CC(=O)CCCC(=O)OC(C)C(=O)C(C)(C)C.CC(=O)CCCC(=O)OC(C)C(=O)C(C)(C)C.CC(=O)CCCC(=O)OCC(=O)C(C)(C)C.CC(=O)CCCC(=O)OCC(=O)C(C)(C)C.CC(=O)OC(C)C(=O)C(C)(C)C.CC(=O)OC(C)C(=O)C(C)(C)C.CC(=O)OCC(=O)C(C)(C)C.CC(=O)OCC(=O)C(C)(C)C. The molecule has 0 saturated heterocycles. The van der Waals surface area contributed by atoms with Crippen molar-refractivity contribution in [1.82, 2.24) is 0 Å². The van der Waals surface area contributed by atoms with Crippen LogP contribution in [0.5, 0.6) is 0 Å². The minimum Gasteiger partial charge on any atom is -0.458 e. The molecule has 0 N–H and O–H groups in total. The van der Waals surface area contributed by atoms with Gasteiger partial charge in [-0.1, -0.05) is 215 Å². The van der Waals surface area contributed by atoms with E-state index in [1.807, 2.05) is 0 Å². The van der Waals surface area contributed by atoms with Crippen LogP contribution in [-0.4, -0.2) is 216 Å². The zero-order valence-corrected chi connectivity index (χ0v) is 95.4. The lowest BCUT2D eigenvalue weighted by Crippen LogP contribution is -2.33. The molecular weight excluding hydrogens is 1870 g/mol. The Morgan fingerprint density at radius 3 is 0.451 bits per heavy atom. The number of ketones is 16. The van der Waals surface area contributed by atoms with Gasteiger partial charge in [0, 0.05) is 146 Å². The number of hydrogen-bond acceptors (Lipinski definition) is 36. The average molecular weight is 2060 g/mol. The smallest absolute Gasteiger partial charge is 0.306 e. The number of ether oxygens (including phenoxy) is 10. The first-order valence-corrected chi connectivity index (χ1v) is 47.8. The van der Waals surface area contributed by atoms with Crippen molar-refractivity contribution >= 4 is 152 Å². The normalized spacial score (nSPS) is 12.1. The highest BCUT2D eigenvalue weighted by atomic mass is 16.6. The molecule has 0 aromatic heterocycles. The Labute approximate surface area is 859 Å². The van der Waals surface area contributed by atoms with Gasteiger partial charge in [0.2, 0.25) is 0 Å². The molecule has 0 heterocycles. The second-order valence-corrected chi connectivity index (χ2v) is 44.5. The van der Waals surface area contributed by atoms with E-state index in [0.717, 1.165) is 0 Å². The van der Waals surface area contributed by atoms with Crippen LogP contribution in [0.25, 0.3) is 0 Å². The van der Waals surface area contributed by atoms with E-state index < -0.39 is 144 Å². The largest absolute Gasteiger partial charge is 0.458 e. The highest BCUT2D eigenvalue weighted by Gasteiger charge is 2.35. The predicted octanol–water partition coefficient (Wildman–Crippen LogP) is 17.9. The molecule has 0 saturated carbocycles. The summed E-state index contributed by atoms with van der Waals surface area (Å²) in [5.74, 6) is -5.14. The average Bonchev–Trinajstić information content (AvgIpc) is 0.883. The van der Waals surface area contributed by atoms with Crippen LogP contribution in [0.2, 0.25) is 0 Å². The van der Waals surface area contributed by atoms with Crippen molar-refractivity contribution in [2.24, 2.45) is 54.1 Å². The molecule has 0 aliphatic carbocycles. The van der Waals surface area contributed by atoms with Crippen molar-refractivity contribution in [2.75, 3.05) is 33.0 Å². The number of hydrogen-bond donors (Lipinski definition) is 0. The van der Waals surface area contributed by atoms with E-state index in [-0.39, 0.29) is 184 Å². The van der Waals surface area contributed by atoms with Gasteiger partial charge in [0.1, 0.15) is 47.9 Å². The highest BCUT2D eigenvalue weighted by molar-refractivity contribution is 5.94. The molecular formula is C108H186O36. The first-order valence-electron chi connectivity index (χ1n) is 47.8. The van der Waals surface area contributed by atoms with Gasteiger partial charge >= 0.3 is 59.7 Å². The quantitative estimate of drug-likeness (QED) is 0.0404. The summed E-state index contributed by atoms with van der Waals surface area (Å²) in [6.07, 6.45) is 1.12. The molecule has 5 atom stereocenters. The summed E-state index contributed by atoms with van der Waals surface area (Å²) >= 11 is 0. The van der Waals surface area contributed by atoms with Crippen LogP contribution in [0.4, 0.5) is 0 Å². The van der Waals surface area contributed by atoms with Gasteiger partial charge < -0.3 is 76.1 Å². The van der Waals surface area contributed by atoms with Crippen molar-refractivity contribution in [1.29, 1.82) is 0 Å². The van der Waals surface area contributed by atoms with E-state index >= 15 is 0 Å². The van der Waals surface area contributed by atoms with Gasteiger partial charge in [0.05, 0.1) is 12.8 Å². The van der Waals surface area contributed by atoms with Gasteiger partial charge in [-0.3, -0.25) is 95.9 Å². The van der Waals surface area contributed by atoms with E-state index in [0.29, 0.717) is 51.4 Å². The monoisotopic (exact) mass is 2060 g/mol. The summed E-state index contributed by atoms with van der Waals surface area (Å²) in [6.45, 7) is 74.6. The number of carbonyl (C=O) groups excluding carboxylic acids is 26. The first-order chi connectivity index (χ1) is 63.8. The molecule has 5 unspecified atom stereocenters. The Morgan fingerprint density at radius 2 is 0.306 bits per heavy atom. The van der Waals surface area contributed by atoms with Gasteiger partial charge in [-0.2, -0.15) is 0 Å². The molecule has 0 aromatic carbocycles. The highest BCUT2D eigenvalue weighted by Crippen LogP contribution is 2.25. The molecule has 0 aromatic rings. The Hall–Kier alpha value is -10.6. The van der Waals surface area contributed by atoms with Gasteiger partial charge in [-0.15, -0.1) is 0 Å². The molecule has 0 aliphatic rings. The molecule has 144 heavy (non-hydrogen) atoms. The van der Waals surface area contributed by atoms with Crippen LogP contribution in [0.1, 0.15) is 422 Å². The minimum atomic E-state index is -0.751. The van der Waals surface area contributed by atoms with Crippen molar-refractivity contribution in [3.63, 3.8) is 0 Å². The summed E-state index contributed by atoms with van der Waals surface area (Å²) in [7, 11) is 0. The Balaban J connectivity index is -0.000000152. The Morgan fingerprint density at radius 1 is 0.167 bits per heavy atom. The molecule has 36 heteroatoms. The van der Waals surface area contributed by atoms with Crippen LogP contribution in [0.15, 0.2) is 0 Å². The maximum Gasteiger partial charge on any atom is 0.306 e. The van der Waals surface area contributed by atoms with Crippen molar-refractivity contribution < 1.29 is 172 Å². The number of Topliss-reactive ketones (excluding diaryl/α,β-unsaturated/α-hetero) is 16. The molecule has 834 valence electrons. The van der Waals surface area contributed by atoms with Gasteiger partial charge in [-0.25, -0.2) is 0 Å². The number of esters is 10. The second kappa shape index (κ2) is 76.0. The summed E-state index contributed by atoms with van der Waals surface area (Å²) in [4.78, 5) is 287. The van der Waals surface area contributed by atoms with E-state index in [1.54, 1.807) is 242 Å². The van der Waals surface area contributed by atoms with Crippen molar-refractivity contribution in [2.45, 2.75) is 452 Å².